The molecule has 5 nitrogen and oxygen atoms in total. The van der Waals surface area contributed by atoms with Crippen molar-refractivity contribution >= 4 is 52.4 Å². The number of hydrazine groups is 1. The minimum Gasteiger partial charge on any atom is -0.477 e. The van der Waals surface area contributed by atoms with E-state index in [-0.39, 0.29) is 45.2 Å². The zero-order valence-corrected chi connectivity index (χ0v) is 16.7. The van der Waals surface area contributed by atoms with E-state index < -0.39 is 23.9 Å². The molecule has 0 fully saturated rings. The predicted octanol–water partition coefficient (Wildman–Crippen LogP) is 6.14. The van der Waals surface area contributed by atoms with Gasteiger partial charge in [-0.25, -0.2) is 5.01 Å². The average molecular weight is 485 g/mol. The fraction of sp³-hybridized carbons (Fsp3) is 0.357. The first-order valence-corrected chi connectivity index (χ1v) is 9.18. The fourth-order valence-electron chi connectivity index (χ4n) is 2.22. The first-order chi connectivity index (χ1) is 13.0. The Kier molecular flexibility index (Phi) is 7.38. The summed E-state index contributed by atoms with van der Waals surface area (Å²) in [5.74, 6) is -3.89. The van der Waals surface area contributed by atoms with E-state index in [9.17, 15) is 27.2 Å². The average Bonchev–Trinajstić information content (AvgIpc) is 2.77. The summed E-state index contributed by atoms with van der Waals surface area (Å²) in [7, 11) is 0. The third-order valence-electron chi connectivity index (χ3n) is 3.08. The van der Waals surface area contributed by atoms with E-state index in [1.807, 2.05) is 0 Å². The number of hydrogen-bond acceptors (Lipinski definition) is 6. The molecule has 0 amide bonds. The standard InChI is InChI=1S/C14H9Cl3F5N3O2S/c1-2-26-12-10(17)9(5-23)25(28-13(18)19)24(12)11-7(15)3-6(4-8(11)16)27-14(20,21)22/h3-4,9,13H,2H2,1H3. The van der Waals surface area contributed by atoms with Crippen LogP contribution in [0, 0.1) is 11.3 Å². The van der Waals surface area contributed by atoms with Gasteiger partial charge in [0.2, 0.25) is 5.88 Å². The van der Waals surface area contributed by atoms with Gasteiger partial charge >= 0.3 is 6.36 Å². The molecular weight excluding hydrogens is 476 g/mol. The van der Waals surface area contributed by atoms with Crippen molar-refractivity contribution in [2.24, 2.45) is 0 Å². The largest absolute Gasteiger partial charge is 0.573 e. The second kappa shape index (κ2) is 9.00. The number of rotatable bonds is 6. The predicted molar refractivity (Wildman–Crippen MR) is 95.0 cm³/mol. The van der Waals surface area contributed by atoms with Crippen LogP contribution in [0.15, 0.2) is 23.0 Å². The van der Waals surface area contributed by atoms with Crippen molar-refractivity contribution in [1.82, 2.24) is 4.41 Å². The van der Waals surface area contributed by atoms with E-state index in [1.54, 1.807) is 13.0 Å². The van der Waals surface area contributed by atoms with Gasteiger partial charge in [0, 0.05) is 24.1 Å². The van der Waals surface area contributed by atoms with E-state index >= 15 is 0 Å². The van der Waals surface area contributed by atoms with Gasteiger partial charge in [-0.15, -0.1) is 17.6 Å². The molecule has 0 radical (unpaired) electrons. The molecule has 1 heterocycles. The number of nitrogens with zero attached hydrogens (tertiary/aromatic N) is 3. The third-order valence-corrected chi connectivity index (χ3v) is 4.78. The van der Waals surface area contributed by atoms with Crippen molar-refractivity contribution in [2.45, 2.75) is 25.1 Å². The van der Waals surface area contributed by atoms with Crippen LogP contribution in [0.3, 0.4) is 0 Å². The SMILES string of the molecule is CCOC1=C(Cl)C(C#N)N(SC(F)F)N1c1c(Cl)cc(OC(F)(F)F)cc1Cl. The van der Waals surface area contributed by atoms with Gasteiger partial charge in [0.05, 0.1) is 28.4 Å². The summed E-state index contributed by atoms with van der Waals surface area (Å²) in [4.78, 5) is 0. The summed E-state index contributed by atoms with van der Waals surface area (Å²) in [5, 5.41) is 9.25. The summed E-state index contributed by atoms with van der Waals surface area (Å²) in [5.41, 5.74) is -0.217. The second-order valence-electron chi connectivity index (χ2n) is 4.88. The van der Waals surface area contributed by atoms with Crippen molar-refractivity contribution in [1.29, 1.82) is 5.26 Å². The topological polar surface area (TPSA) is 48.7 Å². The minimum atomic E-state index is -5.00. The van der Waals surface area contributed by atoms with Crippen LogP contribution in [0.25, 0.3) is 0 Å². The van der Waals surface area contributed by atoms with Crippen molar-refractivity contribution in [3.63, 3.8) is 0 Å². The first-order valence-electron chi connectivity index (χ1n) is 7.21. The Morgan fingerprint density at radius 1 is 1.25 bits per heavy atom. The van der Waals surface area contributed by atoms with Crippen molar-refractivity contribution in [3.05, 3.63) is 33.1 Å². The Hall–Kier alpha value is -1.32. The van der Waals surface area contributed by atoms with Crippen LogP contribution in [0.1, 0.15) is 6.92 Å². The van der Waals surface area contributed by atoms with Gasteiger partial charge in [-0.1, -0.05) is 34.8 Å². The molecule has 0 spiro atoms. The maximum absolute atomic E-state index is 13.0. The van der Waals surface area contributed by atoms with Crippen LogP contribution in [0.2, 0.25) is 10.0 Å². The minimum absolute atomic E-state index is 0.0396. The Labute approximate surface area is 175 Å². The number of benzene rings is 1. The Bertz CT molecular complexity index is 795. The van der Waals surface area contributed by atoms with E-state index in [0.29, 0.717) is 0 Å². The molecule has 2 rings (SSSR count). The molecule has 1 aliphatic rings. The molecule has 0 aliphatic carbocycles. The smallest absolute Gasteiger partial charge is 0.477 e. The van der Waals surface area contributed by atoms with Crippen LogP contribution in [0.5, 0.6) is 5.75 Å². The number of hydrogen-bond donors (Lipinski definition) is 0. The maximum Gasteiger partial charge on any atom is 0.573 e. The van der Waals surface area contributed by atoms with Gasteiger partial charge in [-0.05, 0) is 6.92 Å². The van der Waals surface area contributed by atoms with Crippen molar-refractivity contribution in [2.75, 3.05) is 11.6 Å². The lowest BCUT2D eigenvalue weighted by Crippen LogP contribution is -2.38. The Morgan fingerprint density at radius 2 is 1.82 bits per heavy atom. The molecule has 0 saturated carbocycles. The Balaban J connectivity index is 2.59. The highest BCUT2D eigenvalue weighted by Gasteiger charge is 2.44. The molecule has 0 aromatic heterocycles. The lowest BCUT2D eigenvalue weighted by molar-refractivity contribution is -0.274. The van der Waals surface area contributed by atoms with Crippen LogP contribution in [-0.4, -0.2) is 29.2 Å². The lowest BCUT2D eigenvalue weighted by Gasteiger charge is -2.32. The highest BCUT2D eigenvalue weighted by atomic mass is 35.5. The van der Waals surface area contributed by atoms with E-state index in [2.05, 4.69) is 4.74 Å². The van der Waals surface area contributed by atoms with Gasteiger partial charge in [0.15, 0.2) is 6.04 Å². The van der Waals surface area contributed by atoms with Crippen molar-refractivity contribution in [3.8, 4) is 11.8 Å². The number of nitriles is 1. The maximum atomic E-state index is 13.0. The zero-order valence-electron chi connectivity index (χ0n) is 13.6. The van der Waals surface area contributed by atoms with Crippen LogP contribution >= 0.6 is 46.8 Å². The highest BCUT2D eigenvalue weighted by Crippen LogP contribution is 2.48. The van der Waals surface area contributed by atoms with Gasteiger partial charge in [0.1, 0.15) is 10.8 Å². The number of alkyl halides is 5. The van der Waals surface area contributed by atoms with Crippen LogP contribution in [0.4, 0.5) is 27.6 Å². The van der Waals surface area contributed by atoms with Crippen molar-refractivity contribution < 1.29 is 31.4 Å². The van der Waals surface area contributed by atoms with Gasteiger partial charge in [-0.3, -0.25) is 0 Å². The molecule has 1 aliphatic heterocycles. The molecule has 1 aromatic rings. The quantitative estimate of drug-likeness (QED) is 0.357. The number of halogens is 8. The number of anilines is 1. The number of ether oxygens (including phenoxy) is 2. The molecule has 1 unspecified atom stereocenters. The van der Waals surface area contributed by atoms with Gasteiger partial charge in [0.25, 0.3) is 5.76 Å². The van der Waals surface area contributed by atoms with Gasteiger partial charge < -0.3 is 9.47 Å². The monoisotopic (exact) mass is 483 g/mol. The summed E-state index contributed by atoms with van der Waals surface area (Å²) in [6.45, 7) is 1.61. The Morgan fingerprint density at radius 3 is 2.25 bits per heavy atom. The summed E-state index contributed by atoms with van der Waals surface area (Å²) >= 11 is 18.1. The highest BCUT2D eigenvalue weighted by molar-refractivity contribution is 7.97. The molecular formula is C14H9Cl3F5N3O2S. The third kappa shape index (κ3) is 4.99. The van der Waals surface area contributed by atoms with E-state index in [1.165, 1.54) is 0 Å². The van der Waals surface area contributed by atoms with Crippen LogP contribution in [-0.2, 0) is 4.74 Å². The summed E-state index contributed by atoms with van der Waals surface area (Å²) < 4.78 is 73.3. The first kappa shape index (κ1) is 23.0. The molecule has 1 aromatic carbocycles. The normalized spacial score (nSPS) is 18.0. The molecule has 28 heavy (non-hydrogen) atoms. The molecule has 0 bridgehead atoms. The summed E-state index contributed by atoms with van der Waals surface area (Å²) in [6, 6.07) is 1.95. The molecule has 14 heteroatoms. The van der Waals surface area contributed by atoms with Crippen LogP contribution < -0.4 is 9.75 Å². The van der Waals surface area contributed by atoms with E-state index in [0.717, 1.165) is 21.6 Å². The summed E-state index contributed by atoms with van der Waals surface area (Å²) in [6.07, 6.45) is -5.00. The van der Waals surface area contributed by atoms with E-state index in [4.69, 9.17) is 39.5 Å². The molecule has 1 atom stereocenters. The zero-order chi connectivity index (χ0) is 21.2. The molecule has 0 N–H and O–H groups in total. The fourth-order valence-corrected chi connectivity index (χ4v) is 3.87. The molecule has 0 saturated heterocycles. The lowest BCUT2D eigenvalue weighted by atomic mass is 10.3. The van der Waals surface area contributed by atoms with Gasteiger partial charge in [-0.2, -0.15) is 14.0 Å². The molecule has 154 valence electrons. The second-order valence-corrected chi connectivity index (χ2v) is 7.04.